The second kappa shape index (κ2) is 9.16. The van der Waals surface area contributed by atoms with Gasteiger partial charge in [-0.15, -0.1) is 0 Å². The van der Waals surface area contributed by atoms with Crippen molar-refractivity contribution in [3.05, 3.63) is 73.1 Å². The molecule has 0 radical (unpaired) electrons. The van der Waals surface area contributed by atoms with Gasteiger partial charge in [0.25, 0.3) is 0 Å². The van der Waals surface area contributed by atoms with Crippen LogP contribution in [0, 0.1) is 5.41 Å². The predicted molar refractivity (Wildman–Crippen MR) is 126 cm³/mol. The highest BCUT2D eigenvalue weighted by molar-refractivity contribution is 5.73. The molecule has 168 valence electrons. The molecule has 2 aromatic carbocycles. The second-order valence-corrected chi connectivity index (χ2v) is 8.31. The third kappa shape index (κ3) is 5.03. The first-order chi connectivity index (χ1) is 15.9. The Morgan fingerprint density at radius 3 is 2.12 bits per heavy atom. The molecule has 2 N–H and O–H groups in total. The fourth-order valence-corrected chi connectivity index (χ4v) is 3.16. The fourth-order valence-electron chi connectivity index (χ4n) is 3.16. The molecule has 33 heavy (non-hydrogen) atoms. The molecule has 2 heterocycles. The van der Waals surface area contributed by atoms with Crippen molar-refractivity contribution in [3.63, 3.8) is 0 Å². The number of pyridine rings is 1. The number of ether oxygens (including phenoxy) is 2. The number of aliphatic carboxylic acids is 1. The van der Waals surface area contributed by atoms with E-state index in [9.17, 15) is 9.90 Å². The van der Waals surface area contributed by atoms with E-state index in [2.05, 4.69) is 15.0 Å². The Morgan fingerprint density at radius 1 is 0.879 bits per heavy atom. The largest absolute Gasteiger partial charge is 0.497 e. The zero-order valence-electron chi connectivity index (χ0n) is 18.7. The van der Waals surface area contributed by atoms with E-state index in [1.165, 1.54) is 0 Å². The molecule has 4 rings (SSSR count). The van der Waals surface area contributed by atoms with Crippen molar-refractivity contribution in [2.24, 2.45) is 5.41 Å². The summed E-state index contributed by atoms with van der Waals surface area (Å²) >= 11 is 0. The average molecular weight is 444 g/mol. The number of H-pyrrole nitrogens is 1. The summed E-state index contributed by atoms with van der Waals surface area (Å²) in [5, 5.41) is 9.18. The van der Waals surface area contributed by atoms with Crippen molar-refractivity contribution >= 4 is 5.97 Å². The van der Waals surface area contributed by atoms with Crippen LogP contribution in [0.1, 0.15) is 13.8 Å². The van der Waals surface area contributed by atoms with Crippen molar-refractivity contribution in [1.82, 2.24) is 15.0 Å². The number of benzene rings is 2. The molecule has 0 saturated heterocycles. The van der Waals surface area contributed by atoms with Gasteiger partial charge in [0, 0.05) is 23.4 Å². The van der Waals surface area contributed by atoms with Crippen LogP contribution in [0.15, 0.2) is 73.1 Å². The number of nitrogens with zero attached hydrogens (tertiary/aromatic N) is 2. The van der Waals surface area contributed by atoms with Crippen molar-refractivity contribution in [2.45, 2.75) is 13.8 Å². The number of hydrogen-bond acceptors (Lipinski definition) is 5. The number of methoxy groups -OCH3 is 1. The molecule has 7 heteroatoms. The molecule has 0 fully saturated rings. The Morgan fingerprint density at radius 2 is 1.52 bits per heavy atom. The van der Waals surface area contributed by atoms with Crippen LogP contribution in [0.2, 0.25) is 0 Å². The Balaban J connectivity index is 1.44. The van der Waals surface area contributed by atoms with Gasteiger partial charge in [0.1, 0.15) is 18.2 Å². The summed E-state index contributed by atoms with van der Waals surface area (Å²) in [4.78, 5) is 23.4. The predicted octanol–water partition coefficient (Wildman–Crippen LogP) is 5.30. The van der Waals surface area contributed by atoms with E-state index in [4.69, 9.17) is 9.47 Å². The monoisotopic (exact) mass is 443 g/mol. The third-order valence-corrected chi connectivity index (χ3v) is 5.36. The number of nitrogens with one attached hydrogen (secondary N) is 1. The Bertz CT molecular complexity index is 1230. The normalized spacial score (nSPS) is 11.2. The summed E-state index contributed by atoms with van der Waals surface area (Å²) in [5.74, 6) is 1.08. The maximum Gasteiger partial charge on any atom is 0.312 e. The molecule has 7 nitrogen and oxygen atoms in total. The number of imidazole rings is 1. The number of carboxylic acids is 1. The van der Waals surface area contributed by atoms with E-state index in [0.29, 0.717) is 5.88 Å². The average Bonchev–Trinajstić information content (AvgIpc) is 3.34. The van der Waals surface area contributed by atoms with Gasteiger partial charge in [-0.05, 0) is 55.3 Å². The Kier molecular flexibility index (Phi) is 6.13. The number of rotatable bonds is 8. The highest BCUT2D eigenvalue weighted by atomic mass is 16.5. The molecule has 0 amide bonds. The van der Waals surface area contributed by atoms with Crippen LogP contribution in [0.25, 0.3) is 33.8 Å². The van der Waals surface area contributed by atoms with E-state index in [1.807, 2.05) is 60.8 Å². The van der Waals surface area contributed by atoms with E-state index in [1.54, 1.807) is 33.2 Å². The van der Waals surface area contributed by atoms with Gasteiger partial charge in [0.15, 0.2) is 0 Å². The first-order valence-corrected chi connectivity index (χ1v) is 10.5. The molecule has 0 atom stereocenters. The lowest BCUT2D eigenvalue weighted by Gasteiger charge is -2.18. The first-order valence-electron chi connectivity index (χ1n) is 10.5. The molecule has 0 aliphatic heterocycles. The van der Waals surface area contributed by atoms with Crippen LogP contribution >= 0.6 is 0 Å². The molecular weight excluding hydrogens is 418 g/mol. The van der Waals surface area contributed by atoms with Gasteiger partial charge < -0.3 is 19.6 Å². The Labute approximate surface area is 192 Å². The van der Waals surface area contributed by atoms with Gasteiger partial charge >= 0.3 is 5.97 Å². The molecule has 0 aliphatic carbocycles. The van der Waals surface area contributed by atoms with Crippen LogP contribution in [0.4, 0.5) is 0 Å². The molecule has 0 spiro atoms. The van der Waals surface area contributed by atoms with Crippen molar-refractivity contribution in [1.29, 1.82) is 0 Å². The number of aromatic nitrogens is 3. The van der Waals surface area contributed by atoms with Crippen molar-refractivity contribution in [3.8, 4) is 45.4 Å². The molecule has 0 bridgehead atoms. The summed E-state index contributed by atoms with van der Waals surface area (Å²) in [7, 11) is 1.65. The topological polar surface area (TPSA) is 97.3 Å². The van der Waals surface area contributed by atoms with Gasteiger partial charge in [-0.3, -0.25) is 4.79 Å². The summed E-state index contributed by atoms with van der Waals surface area (Å²) in [6.45, 7) is 3.28. The van der Waals surface area contributed by atoms with Crippen molar-refractivity contribution < 1.29 is 19.4 Å². The summed E-state index contributed by atoms with van der Waals surface area (Å²) in [6.07, 6.45) is 3.53. The Hall–Kier alpha value is -4.13. The molecule has 2 aromatic heterocycles. The van der Waals surface area contributed by atoms with Gasteiger partial charge in [-0.2, -0.15) is 0 Å². The van der Waals surface area contributed by atoms with Crippen LogP contribution in [0.5, 0.6) is 11.6 Å². The van der Waals surface area contributed by atoms with Gasteiger partial charge in [0.2, 0.25) is 5.88 Å². The minimum atomic E-state index is -0.977. The van der Waals surface area contributed by atoms with Crippen LogP contribution < -0.4 is 9.47 Å². The lowest BCUT2D eigenvalue weighted by molar-refractivity contribution is -0.148. The van der Waals surface area contributed by atoms with E-state index < -0.39 is 11.4 Å². The minimum Gasteiger partial charge on any atom is -0.497 e. The zero-order valence-corrected chi connectivity index (χ0v) is 18.7. The summed E-state index contributed by atoms with van der Waals surface area (Å²) < 4.78 is 10.7. The summed E-state index contributed by atoms with van der Waals surface area (Å²) in [5.41, 5.74) is 3.90. The highest BCUT2D eigenvalue weighted by Gasteiger charge is 2.28. The molecule has 0 unspecified atom stereocenters. The smallest absolute Gasteiger partial charge is 0.312 e. The molecule has 0 aliphatic rings. The van der Waals surface area contributed by atoms with Crippen LogP contribution in [-0.4, -0.2) is 39.7 Å². The van der Waals surface area contributed by atoms with Crippen LogP contribution in [0.3, 0.4) is 0 Å². The van der Waals surface area contributed by atoms with Gasteiger partial charge in [-0.1, -0.05) is 24.3 Å². The van der Waals surface area contributed by atoms with Crippen LogP contribution in [-0.2, 0) is 4.79 Å². The second-order valence-electron chi connectivity index (χ2n) is 8.31. The first kappa shape index (κ1) is 22.1. The standard InChI is InChI=1S/C26H25N3O4/c1-26(2,25(30)31)16-33-23-13-10-20(14-27-23)17-4-6-19(7-5-17)24-28-15-22(29-24)18-8-11-21(32-3)12-9-18/h4-15H,16H2,1-3H3,(H,28,29)(H,30,31). The van der Waals surface area contributed by atoms with E-state index >= 15 is 0 Å². The molecule has 4 aromatic rings. The third-order valence-electron chi connectivity index (χ3n) is 5.36. The fraction of sp³-hybridized carbons (Fsp3) is 0.192. The maximum absolute atomic E-state index is 11.2. The number of carboxylic acid groups (broad SMARTS) is 1. The number of aromatic amines is 1. The minimum absolute atomic E-state index is 0.0467. The SMILES string of the molecule is COc1ccc(-c2cnc(-c3ccc(-c4ccc(OCC(C)(C)C(=O)O)nc4)cc3)[nH]2)cc1. The lowest BCUT2D eigenvalue weighted by Crippen LogP contribution is -2.30. The zero-order chi connectivity index (χ0) is 23.4. The van der Waals surface area contributed by atoms with Gasteiger partial charge in [-0.25, -0.2) is 9.97 Å². The molecule has 0 saturated carbocycles. The summed E-state index contributed by atoms with van der Waals surface area (Å²) in [6, 6.07) is 19.5. The number of hydrogen-bond donors (Lipinski definition) is 2. The van der Waals surface area contributed by atoms with Crippen molar-refractivity contribution in [2.75, 3.05) is 13.7 Å². The maximum atomic E-state index is 11.2. The highest BCUT2D eigenvalue weighted by Crippen LogP contribution is 2.27. The lowest BCUT2D eigenvalue weighted by atomic mass is 9.95. The van der Waals surface area contributed by atoms with E-state index in [0.717, 1.165) is 39.5 Å². The molecular formula is C26H25N3O4. The van der Waals surface area contributed by atoms with Gasteiger partial charge in [0.05, 0.1) is 24.4 Å². The van der Waals surface area contributed by atoms with E-state index in [-0.39, 0.29) is 6.61 Å². The number of carbonyl (C=O) groups is 1. The quantitative estimate of drug-likeness (QED) is 0.383.